The molecule has 152 valence electrons. The summed E-state index contributed by atoms with van der Waals surface area (Å²) >= 11 is 0. The van der Waals surface area contributed by atoms with Gasteiger partial charge >= 0.3 is 6.09 Å². The lowest BCUT2D eigenvalue weighted by atomic mass is 10.2. The number of hydrogen-bond donors (Lipinski definition) is 1. The molecule has 1 N–H and O–H groups in total. The van der Waals surface area contributed by atoms with Crippen molar-refractivity contribution in [3.05, 3.63) is 71.9 Å². The first-order valence-electron chi connectivity index (χ1n) is 9.19. The number of carbonyl (C=O) groups excluding carboxylic acids is 1. The average molecular weight is 406 g/mol. The zero-order chi connectivity index (χ0) is 21.3. The third kappa shape index (κ3) is 3.80. The predicted octanol–water partition coefficient (Wildman–Crippen LogP) is 4.61. The molecule has 8 heteroatoms. The predicted molar refractivity (Wildman–Crippen MR) is 111 cm³/mol. The number of nitrogens with zero attached hydrogens (tertiary/aromatic N) is 3. The van der Waals surface area contributed by atoms with Crippen molar-refractivity contribution in [3.63, 3.8) is 0 Å². The Morgan fingerprint density at radius 2 is 1.97 bits per heavy atom. The number of benzene rings is 2. The third-order valence-electron chi connectivity index (χ3n) is 4.62. The van der Waals surface area contributed by atoms with Crippen LogP contribution in [0.4, 0.5) is 9.18 Å². The summed E-state index contributed by atoms with van der Waals surface area (Å²) in [7, 11) is 1.60. The third-order valence-corrected chi connectivity index (χ3v) is 4.62. The second kappa shape index (κ2) is 7.82. The van der Waals surface area contributed by atoms with Gasteiger partial charge in [-0.05, 0) is 50.2 Å². The Labute approximate surface area is 172 Å². The van der Waals surface area contributed by atoms with Crippen LogP contribution in [0.5, 0.6) is 11.5 Å². The molecular formula is C22H19FN4O3. The van der Waals surface area contributed by atoms with Crippen molar-refractivity contribution in [2.45, 2.75) is 13.8 Å². The van der Waals surface area contributed by atoms with E-state index in [9.17, 15) is 9.18 Å². The fourth-order valence-electron chi connectivity index (χ4n) is 3.14. The molecule has 0 bridgehead atoms. The summed E-state index contributed by atoms with van der Waals surface area (Å²) in [5.41, 5.74) is 5.34. The number of nitrogens with one attached hydrogen (secondary N) is 1. The van der Waals surface area contributed by atoms with Gasteiger partial charge in [0.25, 0.3) is 0 Å². The first-order chi connectivity index (χ1) is 14.4. The van der Waals surface area contributed by atoms with E-state index in [1.165, 1.54) is 18.3 Å². The van der Waals surface area contributed by atoms with E-state index in [4.69, 9.17) is 9.47 Å². The molecule has 0 atom stereocenters. The fraction of sp³-hybridized carbons (Fsp3) is 0.136. The smallest absolute Gasteiger partial charge is 0.432 e. The second-order valence-corrected chi connectivity index (χ2v) is 6.70. The van der Waals surface area contributed by atoms with E-state index in [1.807, 2.05) is 31.2 Å². The topological polar surface area (TPSA) is 78.3 Å². The van der Waals surface area contributed by atoms with E-state index in [-0.39, 0.29) is 11.6 Å². The summed E-state index contributed by atoms with van der Waals surface area (Å²) in [4.78, 5) is 21.0. The van der Waals surface area contributed by atoms with E-state index in [0.29, 0.717) is 17.1 Å². The highest BCUT2D eigenvalue weighted by molar-refractivity contribution is 5.87. The highest BCUT2D eigenvalue weighted by Gasteiger charge is 2.14. The van der Waals surface area contributed by atoms with Gasteiger partial charge in [-0.25, -0.2) is 24.6 Å². The number of rotatable bonds is 4. The van der Waals surface area contributed by atoms with E-state index < -0.39 is 6.09 Å². The second-order valence-electron chi connectivity index (χ2n) is 6.70. The highest BCUT2D eigenvalue weighted by atomic mass is 19.1. The van der Waals surface area contributed by atoms with Gasteiger partial charge in [0.15, 0.2) is 11.6 Å². The van der Waals surface area contributed by atoms with E-state index in [0.717, 1.165) is 22.3 Å². The summed E-state index contributed by atoms with van der Waals surface area (Å²) in [5, 5.41) is 0.922. The average Bonchev–Trinajstić information content (AvgIpc) is 3.03. The summed E-state index contributed by atoms with van der Waals surface area (Å²) in [6, 6.07) is 13.5. The van der Waals surface area contributed by atoms with Gasteiger partial charge in [0, 0.05) is 16.6 Å². The molecule has 4 aromatic rings. The van der Waals surface area contributed by atoms with E-state index in [2.05, 4.69) is 15.4 Å². The van der Waals surface area contributed by atoms with Gasteiger partial charge in [-0.15, -0.1) is 0 Å². The Balaban J connectivity index is 1.53. The van der Waals surface area contributed by atoms with Gasteiger partial charge in [-0.3, -0.25) is 4.68 Å². The Morgan fingerprint density at radius 3 is 2.70 bits per heavy atom. The van der Waals surface area contributed by atoms with Crippen LogP contribution in [0.15, 0.2) is 54.7 Å². The minimum absolute atomic E-state index is 0.212. The minimum Gasteiger partial charge on any atom is -0.497 e. The first kappa shape index (κ1) is 19.4. The fourth-order valence-corrected chi connectivity index (χ4v) is 3.14. The lowest BCUT2D eigenvalue weighted by Gasteiger charge is -2.12. The number of aromatic nitrogens is 3. The number of carbonyl (C=O) groups is 1. The summed E-state index contributed by atoms with van der Waals surface area (Å²) in [6.07, 6.45) is 0.713. The number of hydrogen-bond acceptors (Lipinski definition) is 5. The van der Waals surface area contributed by atoms with Gasteiger partial charge in [-0.1, -0.05) is 12.1 Å². The van der Waals surface area contributed by atoms with Crippen LogP contribution in [0, 0.1) is 19.7 Å². The van der Waals surface area contributed by atoms with Gasteiger partial charge < -0.3 is 9.47 Å². The lowest BCUT2D eigenvalue weighted by molar-refractivity contribution is 0.211. The van der Waals surface area contributed by atoms with Gasteiger partial charge in [0.2, 0.25) is 0 Å². The largest absolute Gasteiger partial charge is 0.497 e. The van der Waals surface area contributed by atoms with Crippen LogP contribution in [-0.2, 0) is 0 Å². The molecule has 0 aliphatic heterocycles. The molecule has 0 saturated heterocycles. The number of amides is 1. The van der Waals surface area contributed by atoms with E-state index >= 15 is 0 Å². The Kier molecular flexibility index (Phi) is 5.05. The molecule has 0 aliphatic rings. The van der Waals surface area contributed by atoms with Crippen LogP contribution < -0.4 is 14.9 Å². The summed E-state index contributed by atoms with van der Waals surface area (Å²) in [5.74, 6) is 0.915. The molecule has 7 nitrogen and oxygen atoms in total. The molecule has 2 aromatic carbocycles. The standard InChI is InChI=1S/C22H19FN4O3/c1-13-9-16-11-18(29-3)7-8-19(16)27(13)26-22(28)30-20-12-24-21(25-14(20)2)15-5-4-6-17(23)10-15/h4-12H,1-3H3,(H,26,28). The number of aryl methyl sites for hydroxylation is 2. The van der Waals surface area contributed by atoms with Gasteiger partial charge in [0.05, 0.1) is 24.5 Å². The Bertz CT molecular complexity index is 1250. The Morgan fingerprint density at radius 1 is 1.13 bits per heavy atom. The molecule has 30 heavy (non-hydrogen) atoms. The van der Waals surface area contributed by atoms with Crippen molar-refractivity contribution in [1.82, 2.24) is 14.6 Å². The molecule has 1 amide bonds. The van der Waals surface area contributed by atoms with Crippen LogP contribution in [0.2, 0.25) is 0 Å². The van der Waals surface area contributed by atoms with Crippen molar-refractivity contribution < 1.29 is 18.7 Å². The molecule has 2 heterocycles. The number of ether oxygens (including phenoxy) is 2. The van der Waals surface area contributed by atoms with Gasteiger partial charge in [-0.2, -0.15) is 0 Å². The molecule has 0 fully saturated rings. The van der Waals surface area contributed by atoms with Crippen LogP contribution in [0.1, 0.15) is 11.4 Å². The first-order valence-corrected chi connectivity index (χ1v) is 9.19. The molecule has 0 radical (unpaired) electrons. The monoisotopic (exact) mass is 406 g/mol. The molecule has 0 unspecified atom stereocenters. The van der Waals surface area contributed by atoms with Crippen molar-refractivity contribution in [3.8, 4) is 22.9 Å². The SMILES string of the molecule is COc1ccc2c(c1)cc(C)n2NC(=O)Oc1cnc(-c2cccc(F)c2)nc1C. The van der Waals surface area contributed by atoms with Crippen LogP contribution >= 0.6 is 0 Å². The number of halogens is 1. The molecule has 0 aliphatic carbocycles. The maximum atomic E-state index is 13.4. The number of methoxy groups -OCH3 is 1. The molecule has 2 aromatic heterocycles. The van der Waals surface area contributed by atoms with E-state index in [1.54, 1.807) is 30.8 Å². The van der Waals surface area contributed by atoms with Crippen molar-refractivity contribution in [1.29, 1.82) is 0 Å². The number of fused-ring (bicyclic) bond motifs is 1. The molecular weight excluding hydrogens is 387 g/mol. The molecule has 0 spiro atoms. The van der Waals surface area contributed by atoms with Crippen molar-refractivity contribution in [2.24, 2.45) is 0 Å². The van der Waals surface area contributed by atoms with Crippen molar-refractivity contribution >= 4 is 17.0 Å². The minimum atomic E-state index is -0.684. The Hall–Kier alpha value is -3.94. The maximum Gasteiger partial charge on any atom is 0.432 e. The van der Waals surface area contributed by atoms with Crippen LogP contribution in [-0.4, -0.2) is 27.8 Å². The van der Waals surface area contributed by atoms with Crippen LogP contribution in [0.3, 0.4) is 0 Å². The quantitative estimate of drug-likeness (QED) is 0.536. The highest BCUT2D eigenvalue weighted by Crippen LogP contribution is 2.24. The normalized spacial score (nSPS) is 10.8. The zero-order valence-electron chi connectivity index (χ0n) is 16.6. The lowest BCUT2D eigenvalue weighted by Crippen LogP contribution is -2.27. The summed E-state index contributed by atoms with van der Waals surface area (Å²) in [6.45, 7) is 3.56. The maximum absolute atomic E-state index is 13.4. The van der Waals surface area contributed by atoms with Gasteiger partial charge in [0.1, 0.15) is 11.6 Å². The van der Waals surface area contributed by atoms with Crippen LogP contribution in [0.25, 0.3) is 22.3 Å². The summed E-state index contributed by atoms with van der Waals surface area (Å²) < 4.78 is 25.7. The zero-order valence-corrected chi connectivity index (χ0v) is 16.6. The molecule has 4 rings (SSSR count). The molecule has 0 saturated carbocycles. The van der Waals surface area contributed by atoms with Crippen molar-refractivity contribution in [2.75, 3.05) is 12.5 Å².